The third kappa shape index (κ3) is 21.1. The molecule has 0 aliphatic heterocycles. The van der Waals surface area contributed by atoms with E-state index in [0.29, 0.717) is 26.1 Å². The van der Waals surface area contributed by atoms with E-state index in [-0.39, 0.29) is 11.9 Å². The van der Waals surface area contributed by atoms with Gasteiger partial charge < -0.3 is 9.47 Å². The van der Waals surface area contributed by atoms with Gasteiger partial charge >= 0.3 is 11.9 Å². The molecule has 0 bridgehead atoms. The first-order chi connectivity index (χ1) is 13.2. The van der Waals surface area contributed by atoms with E-state index in [0.717, 1.165) is 64.2 Å². The Morgan fingerprint density at radius 2 is 0.815 bits per heavy atom. The van der Waals surface area contributed by atoms with Gasteiger partial charge in [-0.15, -0.1) is 0 Å². The summed E-state index contributed by atoms with van der Waals surface area (Å²) in [5.41, 5.74) is 0. The zero-order chi connectivity index (χ0) is 20.0. The van der Waals surface area contributed by atoms with Gasteiger partial charge in [0.15, 0.2) is 0 Å². The van der Waals surface area contributed by atoms with E-state index < -0.39 is 0 Å². The topological polar surface area (TPSA) is 52.6 Å². The van der Waals surface area contributed by atoms with Crippen LogP contribution in [-0.4, -0.2) is 25.2 Å². The molecule has 0 saturated heterocycles. The predicted octanol–water partition coefficient (Wildman–Crippen LogP) is 6.74. The second-order valence-corrected chi connectivity index (χ2v) is 7.54. The Bertz CT molecular complexity index is 309. The van der Waals surface area contributed by atoms with Crippen molar-refractivity contribution < 1.29 is 19.1 Å². The Labute approximate surface area is 167 Å². The summed E-state index contributed by atoms with van der Waals surface area (Å²) in [5.74, 6) is -0.0648. The van der Waals surface area contributed by atoms with Gasteiger partial charge in [-0.2, -0.15) is 0 Å². The summed E-state index contributed by atoms with van der Waals surface area (Å²) in [6.45, 7) is 5.47. The van der Waals surface area contributed by atoms with Crippen LogP contribution >= 0.6 is 0 Å². The second kappa shape index (κ2) is 21.2. The molecule has 160 valence electrons. The quantitative estimate of drug-likeness (QED) is 0.172. The molecule has 0 heterocycles. The Morgan fingerprint density at radius 3 is 1.15 bits per heavy atom. The van der Waals surface area contributed by atoms with E-state index >= 15 is 0 Å². The van der Waals surface area contributed by atoms with Crippen molar-refractivity contribution in [2.24, 2.45) is 0 Å². The highest BCUT2D eigenvalue weighted by Crippen LogP contribution is 2.12. The smallest absolute Gasteiger partial charge is 0.305 e. The van der Waals surface area contributed by atoms with Gasteiger partial charge in [0.05, 0.1) is 13.2 Å². The minimum absolute atomic E-state index is 0.0324. The minimum Gasteiger partial charge on any atom is -0.466 e. The van der Waals surface area contributed by atoms with Crippen LogP contribution in [0.5, 0.6) is 0 Å². The fourth-order valence-corrected chi connectivity index (χ4v) is 3.00. The van der Waals surface area contributed by atoms with E-state index in [4.69, 9.17) is 9.47 Å². The molecular weight excluding hydrogens is 340 g/mol. The van der Waals surface area contributed by atoms with E-state index in [1.54, 1.807) is 0 Å². The first-order valence-electron chi connectivity index (χ1n) is 11.5. The number of rotatable bonds is 20. The first-order valence-corrected chi connectivity index (χ1v) is 11.5. The number of carbonyl (C=O) groups is 2. The molecule has 0 N–H and O–H groups in total. The lowest BCUT2D eigenvalue weighted by molar-refractivity contribution is -0.144. The lowest BCUT2D eigenvalue weighted by Crippen LogP contribution is -2.05. The van der Waals surface area contributed by atoms with Crippen molar-refractivity contribution in [3.8, 4) is 0 Å². The van der Waals surface area contributed by atoms with Crippen LogP contribution in [0.2, 0.25) is 0 Å². The molecule has 27 heavy (non-hydrogen) atoms. The van der Waals surface area contributed by atoms with Crippen molar-refractivity contribution in [3.05, 3.63) is 0 Å². The van der Waals surface area contributed by atoms with Gasteiger partial charge in [0.2, 0.25) is 0 Å². The highest BCUT2D eigenvalue weighted by atomic mass is 16.5. The van der Waals surface area contributed by atoms with Gasteiger partial charge in [-0.25, -0.2) is 0 Å². The van der Waals surface area contributed by atoms with Gasteiger partial charge in [0.1, 0.15) is 0 Å². The van der Waals surface area contributed by atoms with Gasteiger partial charge in [-0.05, 0) is 25.7 Å². The van der Waals surface area contributed by atoms with Gasteiger partial charge in [0, 0.05) is 12.8 Å². The maximum Gasteiger partial charge on any atom is 0.305 e. The molecule has 0 saturated carbocycles. The molecule has 0 aromatic rings. The summed E-state index contributed by atoms with van der Waals surface area (Å²) in [7, 11) is 0. The third-order valence-corrected chi connectivity index (χ3v) is 4.78. The fourth-order valence-electron chi connectivity index (χ4n) is 3.00. The third-order valence-electron chi connectivity index (χ3n) is 4.78. The molecule has 0 spiro atoms. The molecule has 0 aromatic heterocycles. The Hall–Kier alpha value is -1.06. The van der Waals surface area contributed by atoms with Gasteiger partial charge in [-0.3, -0.25) is 9.59 Å². The molecule has 0 aromatic carbocycles. The molecule has 0 rings (SSSR count). The minimum atomic E-state index is -0.0324. The van der Waals surface area contributed by atoms with Crippen molar-refractivity contribution in [2.75, 3.05) is 13.2 Å². The molecule has 0 atom stereocenters. The molecule has 0 unspecified atom stereocenters. The number of ether oxygens (including phenoxy) is 2. The monoisotopic (exact) mass is 384 g/mol. The average molecular weight is 385 g/mol. The number of carbonyl (C=O) groups excluding carboxylic acids is 2. The Morgan fingerprint density at radius 1 is 0.481 bits per heavy atom. The van der Waals surface area contributed by atoms with E-state index in [9.17, 15) is 9.59 Å². The highest BCUT2D eigenvalue weighted by Gasteiger charge is 2.03. The highest BCUT2D eigenvalue weighted by molar-refractivity contribution is 5.69. The molecule has 0 amide bonds. The molecule has 0 fully saturated rings. The van der Waals surface area contributed by atoms with Crippen LogP contribution in [0.3, 0.4) is 0 Å². The summed E-state index contributed by atoms with van der Waals surface area (Å²) in [6, 6.07) is 0. The van der Waals surface area contributed by atoms with Crippen molar-refractivity contribution >= 4 is 11.9 Å². The van der Waals surface area contributed by atoms with Crippen molar-refractivity contribution in [3.63, 3.8) is 0 Å². The predicted molar refractivity (Wildman–Crippen MR) is 112 cm³/mol. The molecule has 0 radical (unpaired) electrons. The summed E-state index contributed by atoms with van der Waals surface area (Å²) in [5, 5.41) is 0. The molecule has 0 aliphatic rings. The summed E-state index contributed by atoms with van der Waals surface area (Å²) < 4.78 is 10.4. The van der Waals surface area contributed by atoms with E-state index in [1.165, 1.54) is 32.1 Å². The average Bonchev–Trinajstić information content (AvgIpc) is 2.66. The van der Waals surface area contributed by atoms with Gasteiger partial charge in [0.25, 0.3) is 0 Å². The summed E-state index contributed by atoms with van der Waals surface area (Å²) >= 11 is 0. The molecular formula is C23H44O4. The number of hydrogen-bond acceptors (Lipinski definition) is 4. The Balaban J connectivity index is 3.20. The SMILES string of the molecule is CCCCCOC(=O)CCCCCCCCCCCC(=O)OCCCCC. The van der Waals surface area contributed by atoms with Crippen LogP contribution in [0, 0.1) is 0 Å². The van der Waals surface area contributed by atoms with Crippen molar-refractivity contribution in [1.82, 2.24) is 0 Å². The Kier molecular flexibility index (Phi) is 20.4. The normalized spacial score (nSPS) is 10.7. The lowest BCUT2D eigenvalue weighted by atomic mass is 10.1. The van der Waals surface area contributed by atoms with Crippen LogP contribution in [0.15, 0.2) is 0 Å². The summed E-state index contributed by atoms with van der Waals surface area (Å²) in [4.78, 5) is 23.0. The number of unbranched alkanes of at least 4 members (excludes halogenated alkanes) is 12. The fraction of sp³-hybridized carbons (Fsp3) is 0.913. The van der Waals surface area contributed by atoms with Crippen LogP contribution in [0.4, 0.5) is 0 Å². The summed E-state index contributed by atoms with van der Waals surface area (Å²) in [6.07, 6.45) is 18.0. The van der Waals surface area contributed by atoms with Crippen molar-refractivity contribution in [1.29, 1.82) is 0 Å². The lowest BCUT2D eigenvalue weighted by Gasteiger charge is -2.05. The first kappa shape index (κ1) is 25.9. The van der Waals surface area contributed by atoms with Crippen LogP contribution in [-0.2, 0) is 19.1 Å². The number of esters is 2. The standard InChI is InChI=1S/C23H44O4/c1-3-5-16-20-26-22(24)18-14-12-10-8-7-9-11-13-15-19-23(25)27-21-17-6-4-2/h3-21H2,1-2H3. The van der Waals surface area contributed by atoms with E-state index in [2.05, 4.69) is 13.8 Å². The molecule has 0 aliphatic carbocycles. The maximum absolute atomic E-state index is 11.5. The van der Waals surface area contributed by atoms with Gasteiger partial charge in [-0.1, -0.05) is 84.5 Å². The van der Waals surface area contributed by atoms with E-state index in [1.807, 2.05) is 0 Å². The largest absolute Gasteiger partial charge is 0.466 e. The van der Waals surface area contributed by atoms with Crippen LogP contribution < -0.4 is 0 Å². The zero-order valence-electron chi connectivity index (χ0n) is 18.1. The maximum atomic E-state index is 11.5. The number of hydrogen-bond donors (Lipinski definition) is 0. The second-order valence-electron chi connectivity index (χ2n) is 7.54. The molecule has 4 nitrogen and oxygen atoms in total. The van der Waals surface area contributed by atoms with Crippen LogP contribution in [0.1, 0.15) is 123 Å². The van der Waals surface area contributed by atoms with Crippen LogP contribution in [0.25, 0.3) is 0 Å². The van der Waals surface area contributed by atoms with Crippen molar-refractivity contribution in [2.45, 2.75) is 123 Å². The zero-order valence-corrected chi connectivity index (χ0v) is 18.1. The molecule has 4 heteroatoms.